The lowest BCUT2D eigenvalue weighted by Crippen LogP contribution is -2.29. The van der Waals surface area contributed by atoms with Gasteiger partial charge in [0.05, 0.1) is 5.25 Å². The molecule has 4 rings (SSSR count). The minimum absolute atomic E-state index is 0.0330. The third kappa shape index (κ3) is 5.77. The molecular weight excluding hydrogens is 462 g/mol. The molecule has 1 saturated heterocycles. The van der Waals surface area contributed by atoms with Gasteiger partial charge in [-0.2, -0.15) is 8.78 Å². The number of ether oxygens (including phenoxy) is 1. The molecule has 0 radical (unpaired) electrons. The van der Waals surface area contributed by atoms with Crippen molar-refractivity contribution in [1.82, 2.24) is 14.9 Å². The molecule has 1 aromatic heterocycles. The van der Waals surface area contributed by atoms with Gasteiger partial charge in [0, 0.05) is 30.0 Å². The average Bonchev–Trinajstić information content (AvgIpc) is 3.20. The average molecular weight is 489 g/mol. The Hall–Kier alpha value is -3.34. The first kappa shape index (κ1) is 23.8. The lowest BCUT2D eigenvalue weighted by molar-refractivity contribution is -0.115. The first-order valence-corrected chi connectivity index (χ1v) is 11.9. The van der Waals surface area contributed by atoms with E-state index in [2.05, 4.69) is 25.2 Å². The van der Waals surface area contributed by atoms with Gasteiger partial charge in [-0.1, -0.05) is 11.8 Å². The Morgan fingerprint density at radius 2 is 1.74 bits per heavy atom. The van der Waals surface area contributed by atoms with Crippen LogP contribution in [0.5, 0.6) is 5.75 Å². The number of rotatable bonds is 8. The molecule has 3 aromatic rings. The molecule has 8 nitrogen and oxygen atoms in total. The van der Waals surface area contributed by atoms with Gasteiger partial charge in [-0.05, 0) is 74.7 Å². The summed E-state index contributed by atoms with van der Waals surface area (Å²) in [5, 5.41) is 10.9. The Bertz CT molecular complexity index is 1100. The van der Waals surface area contributed by atoms with Gasteiger partial charge in [-0.25, -0.2) is 4.68 Å². The van der Waals surface area contributed by atoms with E-state index in [0.29, 0.717) is 16.5 Å². The Balaban J connectivity index is 1.35. The number of benzene rings is 2. The number of nitrogens with two attached hydrogens (primary N) is 1. The van der Waals surface area contributed by atoms with Gasteiger partial charge in [0.2, 0.25) is 11.1 Å². The summed E-state index contributed by atoms with van der Waals surface area (Å²) in [6.07, 6.45) is 3.69. The van der Waals surface area contributed by atoms with Crippen molar-refractivity contribution >= 4 is 29.0 Å². The molecule has 2 aromatic carbocycles. The van der Waals surface area contributed by atoms with E-state index < -0.39 is 11.9 Å². The number of thioether (sulfide) groups is 1. The smallest absolute Gasteiger partial charge is 0.387 e. The fourth-order valence-electron chi connectivity index (χ4n) is 3.70. The van der Waals surface area contributed by atoms with Crippen molar-refractivity contribution in [3.63, 3.8) is 0 Å². The summed E-state index contributed by atoms with van der Waals surface area (Å²) >= 11 is 1.17. The van der Waals surface area contributed by atoms with E-state index in [-0.39, 0.29) is 11.7 Å². The van der Waals surface area contributed by atoms with Crippen molar-refractivity contribution in [2.24, 2.45) is 0 Å². The number of alkyl halides is 2. The van der Waals surface area contributed by atoms with Crippen LogP contribution in [0, 0.1) is 0 Å². The topological polar surface area (TPSA) is 98.3 Å². The molecule has 1 fully saturated rings. The molecule has 180 valence electrons. The molecule has 1 amide bonds. The second-order valence-electron chi connectivity index (χ2n) is 7.92. The number of piperidine rings is 1. The summed E-state index contributed by atoms with van der Waals surface area (Å²) in [6, 6.07) is 13.8. The summed E-state index contributed by atoms with van der Waals surface area (Å²) in [4.78, 5) is 15.1. The summed E-state index contributed by atoms with van der Waals surface area (Å²) < 4.78 is 30.3. The van der Waals surface area contributed by atoms with E-state index in [4.69, 9.17) is 5.84 Å². The van der Waals surface area contributed by atoms with Crippen LogP contribution < -0.4 is 20.8 Å². The summed E-state index contributed by atoms with van der Waals surface area (Å²) in [5.41, 5.74) is 2.46. The molecule has 11 heteroatoms. The quantitative estimate of drug-likeness (QED) is 0.359. The molecule has 1 aliphatic heterocycles. The van der Waals surface area contributed by atoms with Crippen LogP contribution >= 0.6 is 11.8 Å². The zero-order valence-corrected chi connectivity index (χ0v) is 19.5. The van der Waals surface area contributed by atoms with Crippen LogP contribution in [0.15, 0.2) is 53.7 Å². The highest BCUT2D eigenvalue weighted by Gasteiger charge is 2.20. The standard InChI is InChI=1S/C23H26F2N6O2S/c1-15(21(32)27-17-7-9-18(10-8-17)30-13-3-2-4-14-30)34-23-29-28-20(31(23)26)16-5-11-19(12-6-16)33-22(24)25/h5-12,15,22H,2-4,13-14,26H2,1H3,(H,27,32). The highest BCUT2D eigenvalue weighted by atomic mass is 32.2. The molecule has 2 heterocycles. The highest BCUT2D eigenvalue weighted by Crippen LogP contribution is 2.27. The number of aromatic nitrogens is 3. The third-order valence-electron chi connectivity index (χ3n) is 5.51. The third-order valence-corrected chi connectivity index (χ3v) is 6.57. The molecule has 3 N–H and O–H groups in total. The molecule has 0 aliphatic carbocycles. The van der Waals surface area contributed by atoms with E-state index >= 15 is 0 Å². The van der Waals surface area contributed by atoms with E-state index in [1.807, 2.05) is 24.3 Å². The summed E-state index contributed by atoms with van der Waals surface area (Å²) in [5.74, 6) is 6.31. The second kappa shape index (κ2) is 10.7. The van der Waals surface area contributed by atoms with E-state index in [1.54, 1.807) is 19.1 Å². The normalized spacial score (nSPS) is 14.8. The van der Waals surface area contributed by atoms with Crippen LogP contribution in [0.25, 0.3) is 11.4 Å². The number of hydrogen-bond donors (Lipinski definition) is 2. The number of halogens is 2. The van der Waals surface area contributed by atoms with Crippen molar-refractivity contribution in [3.8, 4) is 17.1 Å². The van der Waals surface area contributed by atoms with Crippen LogP contribution in [-0.2, 0) is 4.79 Å². The second-order valence-corrected chi connectivity index (χ2v) is 9.23. The first-order chi connectivity index (χ1) is 16.4. The number of hydrogen-bond acceptors (Lipinski definition) is 7. The van der Waals surface area contributed by atoms with Crippen LogP contribution in [-0.4, -0.2) is 45.7 Å². The zero-order valence-electron chi connectivity index (χ0n) is 18.7. The summed E-state index contributed by atoms with van der Waals surface area (Å²) in [7, 11) is 0. The summed E-state index contributed by atoms with van der Waals surface area (Å²) in [6.45, 7) is 0.989. The van der Waals surface area contributed by atoms with Crippen LogP contribution in [0.3, 0.4) is 0 Å². The molecule has 1 aliphatic rings. The Morgan fingerprint density at radius 1 is 1.06 bits per heavy atom. The molecule has 1 atom stereocenters. The fraction of sp³-hybridized carbons (Fsp3) is 0.348. The van der Waals surface area contributed by atoms with Gasteiger partial charge in [0.25, 0.3) is 0 Å². The van der Waals surface area contributed by atoms with E-state index in [9.17, 15) is 13.6 Å². The predicted molar refractivity (Wildman–Crippen MR) is 129 cm³/mol. The maximum absolute atomic E-state index is 12.7. The lowest BCUT2D eigenvalue weighted by atomic mass is 10.1. The Kier molecular flexibility index (Phi) is 7.51. The molecule has 34 heavy (non-hydrogen) atoms. The van der Waals surface area contributed by atoms with Gasteiger partial charge >= 0.3 is 6.61 Å². The molecular formula is C23H26F2N6O2S. The van der Waals surface area contributed by atoms with Crippen LogP contribution in [0.4, 0.5) is 20.2 Å². The number of nitrogen functional groups attached to an aromatic ring is 1. The fourth-order valence-corrected chi connectivity index (χ4v) is 4.47. The largest absolute Gasteiger partial charge is 0.435 e. The minimum Gasteiger partial charge on any atom is -0.435 e. The molecule has 0 bridgehead atoms. The minimum atomic E-state index is -2.90. The number of carbonyl (C=O) groups excluding carboxylic acids is 1. The van der Waals surface area contributed by atoms with Crippen molar-refractivity contribution < 1.29 is 18.3 Å². The van der Waals surface area contributed by atoms with Crippen molar-refractivity contribution in [1.29, 1.82) is 0 Å². The van der Waals surface area contributed by atoms with Gasteiger partial charge < -0.3 is 20.8 Å². The van der Waals surface area contributed by atoms with Gasteiger partial charge in [0.1, 0.15) is 5.75 Å². The molecule has 1 unspecified atom stereocenters. The SMILES string of the molecule is CC(Sc1nnc(-c2ccc(OC(F)F)cc2)n1N)C(=O)Nc1ccc(N2CCCCC2)cc1. The number of nitrogens with one attached hydrogen (secondary N) is 1. The maximum Gasteiger partial charge on any atom is 0.387 e. The predicted octanol–water partition coefficient (Wildman–Crippen LogP) is 4.37. The number of carbonyl (C=O) groups is 1. The Morgan fingerprint density at radius 3 is 2.38 bits per heavy atom. The molecule has 0 spiro atoms. The highest BCUT2D eigenvalue weighted by molar-refractivity contribution is 8.00. The van der Waals surface area contributed by atoms with Gasteiger partial charge in [0.15, 0.2) is 5.82 Å². The monoisotopic (exact) mass is 488 g/mol. The van der Waals surface area contributed by atoms with Crippen molar-refractivity contribution in [2.45, 2.75) is 43.2 Å². The number of anilines is 2. The van der Waals surface area contributed by atoms with Gasteiger partial charge in [-0.3, -0.25) is 4.79 Å². The van der Waals surface area contributed by atoms with Crippen molar-refractivity contribution in [3.05, 3.63) is 48.5 Å². The van der Waals surface area contributed by atoms with E-state index in [0.717, 1.165) is 24.5 Å². The zero-order chi connectivity index (χ0) is 24.1. The lowest BCUT2D eigenvalue weighted by Gasteiger charge is -2.28. The van der Waals surface area contributed by atoms with Crippen LogP contribution in [0.2, 0.25) is 0 Å². The van der Waals surface area contributed by atoms with Crippen LogP contribution in [0.1, 0.15) is 26.2 Å². The van der Waals surface area contributed by atoms with E-state index in [1.165, 1.54) is 47.8 Å². The number of nitrogens with zero attached hydrogens (tertiary/aromatic N) is 4. The van der Waals surface area contributed by atoms with Crippen molar-refractivity contribution in [2.75, 3.05) is 29.1 Å². The molecule has 0 saturated carbocycles. The van der Waals surface area contributed by atoms with Gasteiger partial charge in [-0.15, -0.1) is 10.2 Å². The Labute approximate surface area is 200 Å². The number of amides is 1. The maximum atomic E-state index is 12.7. The first-order valence-electron chi connectivity index (χ1n) is 11.0.